The summed E-state index contributed by atoms with van der Waals surface area (Å²) in [7, 11) is 0. The summed E-state index contributed by atoms with van der Waals surface area (Å²) < 4.78 is 32.1. The van der Waals surface area contributed by atoms with Gasteiger partial charge >= 0.3 is 11.9 Å². The molecule has 15 atom stereocenters. The minimum absolute atomic E-state index is 0.0161. The van der Waals surface area contributed by atoms with Crippen molar-refractivity contribution in [2.45, 2.75) is 99.0 Å². The Morgan fingerprint density at radius 2 is 1.31 bits per heavy atom. The summed E-state index contributed by atoms with van der Waals surface area (Å²) in [5, 5.41) is 93.7. The molecule has 42 heavy (non-hydrogen) atoms. The van der Waals surface area contributed by atoms with E-state index in [1.165, 1.54) is 0 Å². The van der Waals surface area contributed by atoms with Gasteiger partial charge in [-0.25, -0.2) is 9.59 Å². The first-order chi connectivity index (χ1) is 19.7. The lowest BCUT2D eigenvalue weighted by molar-refractivity contribution is -0.362. The van der Waals surface area contributed by atoms with Gasteiger partial charge in [-0.3, -0.25) is 4.79 Å². The number of hydrogen-bond donors (Lipinski definition) is 11. The normalized spacial score (nSPS) is 44.4. The second-order valence-electron chi connectivity index (χ2n) is 9.78. The Balaban J connectivity index is 1.86. The molecule has 0 saturated carbocycles. The maximum Gasteiger partial charge on any atom is 0.335 e. The lowest BCUT2D eigenvalue weighted by Gasteiger charge is -2.48. The van der Waals surface area contributed by atoms with Gasteiger partial charge in [0.15, 0.2) is 31.1 Å². The summed E-state index contributed by atoms with van der Waals surface area (Å²) in [4.78, 5) is 35.3. The summed E-state index contributed by atoms with van der Waals surface area (Å²) in [5.41, 5.74) is 5.33. The van der Waals surface area contributed by atoms with Crippen LogP contribution in [0.25, 0.3) is 0 Å². The van der Waals surface area contributed by atoms with Gasteiger partial charge in [-0.2, -0.15) is 0 Å². The van der Waals surface area contributed by atoms with Crippen LogP contribution in [0.3, 0.4) is 0 Å². The summed E-state index contributed by atoms with van der Waals surface area (Å²) in [6.07, 6.45) is -26.6. The quantitative estimate of drug-likeness (QED) is 0.103. The van der Waals surface area contributed by atoms with Crippen molar-refractivity contribution in [1.82, 2.24) is 5.32 Å². The predicted molar refractivity (Wildman–Crippen MR) is 127 cm³/mol. The average Bonchev–Trinajstić information content (AvgIpc) is 2.93. The van der Waals surface area contributed by atoms with Gasteiger partial charge < -0.3 is 85.4 Å². The van der Waals surface area contributed by atoms with Crippen molar-refractivity contribution in [3.63, 3.8) is 0 Å². The minimum atomic E-state index is -2.06. The molecule has 3 fully saturated rings. The van der Waals surface area contributed by atoms with E-state index in [9.17, 15) is 60.3 Å². The number of nitrogens with one attached hydrogen (secondary N) is 1. The summed E-state index contributed by atoms with van der Waals surface area (Å²) in [5.74, 6) is -4.15. The highest BCUT2D eigenvalue weighted by Gasteiger charge is 2.55. The van der Waals surface area contributed by atoms with Crippen LogP contribution in [-0.4, -0.2) is 176 Å². The Labute approximate surface area is 237 Å². The number of aliphatic hydroxyl groups excluding tert-OH is 7. The Morgan fingerprint density at radius 3 is 1.86 bits per heavy atom. The predicted octanol–water partition coefficient (Wildman–Crippen LogP) is -7.26. The third-order valence-electron chi connectivity index (χ3n) is 6.81. The fraction of sp³-hybridized carbons (Fsp3) is 0.864. The third kappa shape index (κ3) is 7.31. The van der Waals surface area contributed by atoms with E-state index in [1.54, 1.807) is 0 Å². The largest absolute Gasteiger partial charge is 0.479 e. The second-order valence-corrected chi connectivity index (χ2v) is 9.78. The van der Waals surface area contributed by atoms with Crippen molar-refractivity contribution in [1.29, 1.82) is 0 Å². The van der Waals surface area contributed by atoms with Crippen molar-refractivity contribution in [3.8, 4) is 0 Å². The van der Waals surface area contributed by atoms with Crippen LogP contribution in [-0.2, 0) is 42.8 Å². The molecule has 1 amide bonds. The fourth-order valence-corrected chi connectivity index (χ4v) is 4.72. The highest BCUT2D eigenvalue weighted by molar-refractivity contribution is 5.74. The van der Waals surface area contributed by atoms with Crippen LogP contribution < -0.4 is 11.1 Å². The molecule has 12 N–H and O–H groups in total. The molecular formula is C22H36N2O18. The number of hydrogen-bond acceptors (Lipinski definition) is 17. The first kappa shape index (κ1) is 34.3. The Hall–Kier alpha value is -2.15. The standard InChI is InChI=1S/C22H36N2O18/c1-5(26)24-7-8(27)14(39-22-12(31)9(28)10(29)16(41-22)18(33)34)6(4-25)38-20(7)40-15-11(30)13(32)21(37-3-2-23)42-17(15)19(35)36/h6-17,20-22,25,27-32H,2-4,23H2,1H3,(H,24,26)(H,33,34)(H,35,36)/t6?,7?,8?,9?,10-,11?,12?,13?,14+,15-,16?,17?,20+,21+,22+/m0/s1. The van der Waals surface area contributed by atoms with Crippen molar-refractivity contribution >= 4 is 17.8 Å². The number of ether oxygens (including phenoxy) is 6. The van der Waals surface area contributed by atoms with Crippen LogP contribution in [0.4, 0.5) is 0 Å². The Morgan fingerprint density at radius 1 is 0.738 bits per heavy atom. The molecule has 0 aromatic heterocycles. The van der Waals surface area contributed by atoms with Crippen molar-refractivity contribution in [3.05, 3.63) is 0 Å². The smallest absolute Gasteiger partial charge is 0.335 e. The first-order valence-electron chi connectivity index (χ1n) is 12.7. The lowest BCUT2D eigenvalue weighted by atomic mass is 9.94. The molecule has 0 spiro atoms. The van der Waals surface area contributed by atoms with Gasteiger partial charge in [-0.05, 0) is 0 Å². The number of rotatable bonds is 11. The van der Waals surface area contributed by atoms with E-state index in [0.717, 1.165) is 6.92 Å². The van der Waals surface area contributed by atoms with Crippen LogP contribution in [0.5, 0.6) is 0 Å². The molecule has 0 bridgehead atoms. The number of nitrogens with two attached hydrogens (primary N) is 1. The number of amides is 1. The van der Waals surface area contributed by atoms with E-state index in [2.05, 4.69) is 5.32 Å². The van der Waals surface area contributed by atoms with E-state index in [-0.39, 0.29) is 13.2 Å². The van der Waals surface area contributed by atoms with E-state index in [0.29, 0.717) is 0 Å². The topological polar surface area (TPSA) is 327 Å². The van der Waals surface area contributed by atoms with Crippen LogP contribution in [0, 0.1) is 0 Å². The second kappa shape index (κ2) is 14.5. The monoisotopic (exact) mass is 616 g/mol. The molecule has 0 aromatic carbocycles. The molecule has 3 rings (SSSR count). The van der Waals surface area contributed by atoms with Crippen molar-refractivity contribution in [2.24, 2.45) is 5.73 Å². The van der Waals surface area contributed by atoms with Crippen molar-refractivity contribution < 1.29 is 88.8 Å². The van der Waals surface area contributed by atoms with Gasteiger partial charge in [0.05, 0.1) is 13.2 Å². The van der Waals surface area contributed by atoms with Crippen molar-refractivity contribution in [2.75, 3.05) is 19.8 Å². The molecule has 20 heteroatoms. The molecule has 242 valence electrons. The lowest BCUT2D eigenvalue weighted by Crippen LogP contribution is -2.69. The number of carbonyl (C=O) groups excluding carboxylic acids is 1. The van der Waals surface area contributed by atoms with E-state index >= 15 is 0 Å². The maximum absolute atomic E-state index is 12.0. The van der Waals surface area contributed by atoms with Gasteiger partial charge in [0.1, 0.15) is 61.0 Å². The van der Waals surface area contributed by atoms with Gasteiger partial charge in [0.25, 0.3) is 0 Å². The summed E-state index contributed by atoms with van der Waals surface area (Å²) in [6, 6.07) is -1.65. The number of carboxylic acids is 2. The molecule has 0 radical (unpaired) electrons. The molecule has 0 aliphatic carbocycles. The molecular weight excluding hydrogens is 580 g/mol. The Bertz CT molecular complexity index is 943. The number of aliphatic hydroxyl groups is 7. The van der Waals surface area contributed by atoms with E-state index < -0.39 is 117 Å². The molecule has 0 aromatic rings. The highest BCUT2D eigenvalue weighted by atomic mass is 16.8. The number of aliphatic carboxylic acids is 2. The first-order valence-corrected chi connectivity index (χ1v) is 12.7. The molecule has 3 aliphatic heterocycles. The van der Waals surface area contributed by atoms with Gasteiger partial charge in [-0.1, -0.05) is 0 Å². The van der Waals surface area contributed by atoms with Crippen LogP contribution in [0.1, 0.15) is 6.92 Å². The molecule has 3 saturated heterocycles. The van der Waals surface area contributed by atoms with Gasteiger partial charge in [0, 0.05) is 13.5 Å². The van der Waals surface area contributed by atoms with Crippen LogP contribution >= 0.6 is 0 Å². The minimum Gasteiger partial charge on any atom is -0.479 e. The van der Waals surface area contributed by atoms with E-state index in [4.69, 9.17) is 34.2 Å². The highest BCUT2D eigenvalue weighted by Crippen LogP contribution is 2.33. The molecule has 3 heterocycles. The SMILES string of the molecule is CC(=O)NC1C(O)[C@H](O[C@@H]2OC(C(=O)O)[C@@H](O)C(O)C2O)C(CO)O[C@@H]1O[C@@H]1C(C(=O)O)O[C@@H](OCCN)C(O)C1O. The van der Waals surface area contributed by atoms with Gasteiger partial charge in [-0.15, -0.1) is 0 Å². The van der Waals surface area contributed by atoms with Gasteiger partial charge in [0.2, 0.25) is 5.91 Å². The summed E-state index contributed by atoms with van der Waals surface area (Å²) >= 11 is 0. The fourth-order valence-electron chi connectivity index (χ4n) is 4.72. The Kier molecular flexibility index (Phi) is 11.9. The third-order valence-corrected chi connectivity index (χ3v) is 6.81. The molecule has 9 unspecified atom stereocenters. The van der Waals surface area contributed by atoms with Crippen LogP contribution in [0.2, 0.25) is 0 Å². The zero-order valence-corrected chi connectivity index (χ0v) is 22.1. The zero-order chi connectivity index (χ0) is 31.5. The number of carboxylic acid groups (broad SMARTS) is 2. The molecule has 20 nitrogen and oxygen atoms in total. The zero-order valence-electron chi connectivity index (χ0n) is 22.1. The number of carbonyl (C=O) groups is 3. The average molecular weight is 617 g/mol. The summed E-state index contributed by atoms with van der Waals surface area (Å²) in [6.45, 7) is -0.0913. The molecule has 3 aliphatic rings. The maximum atomic E-state index is 12.0. The van der Waals surface area contributed by atoms with E-state index in [1.807, 2.05) is 0 Å². The van der Waals surface area contributed by atoms with Crippen LogP contribution in [0.15, 0.2) is 0 Å².